The van der Waals surface area contributed by atoms with Gasteiger partial charge in [0.25, 0.3) is 0 Å². The molecule has 92 valence electrons. The molecule has 0 saturated heterocycles. The fourth-order valence-corrected chi connectivity index (χ4v) is 2.28. The summed E-state index contributed by atoms with van der Waals surface area (Å²) < 4.78 is 0. The summed E-state index contributed by atoms with van der Waals surface area (Å²) in [6, 6.07) is 3.28. The van der Waals surface area contributed by atoms with Gasteiger partial charge in [-0.3, -0.25) is 4.79 Å². The number of carbonyl (C=O) groups excluding carboxylic acids is 1. The van der Waals surface area contributed by atoms with Crippen LogP contribution in [0.1, 0.15) is 32.1 Å². The summed E-state index contributed by atoms with van der Waals surface area (Å²) in [5.41, 5.74) is 5.37. The number of pyridine rings is 1. The van der Waals surface area contributed by atoms with Gasteiger partial charge in [0.05, 0.1) is 5.54 Å². The first kappa shape index (κ1) is 12.3. The van der Waals surface area contributed by atoms with Gasteiger partial charge in [0.2, 0.25) is 5.91 Å². The molecular weight excluding hydrogens is 238 g/mol. The van der Waals surface area contributed by atoms with Gasteiger partial charge in [0.1, 0.15) is 5.82 Å². The second-order valence-electron chi connectivity index (χ2n) is 4.53. The molecule has 1 heterocycles. The van der Waals surface area contributed by atoms with Gasteiger partial charge in [0, 0.05) is 11.2 Å². The van der Waals surface area contributed by atoms with Gasteiger partial charge in [-0.15, -0.1) is 0 Å². The standard InChI is InChI=1S/C12H16ClN3O/c13-9-4-7-15-10(8-9)16-11(17)12(14)5-2-1-3-6-12/h4,7-8H,1-3,5-6,14H2,(H,15,16,17). The van der Waals surface area contributed by atoms with Crippen LogP contribution in [0.25, 0.3) is 0 Å². The van der Waals surface area contributed by atoms with Crippen molar-refractivity contribution < 1.29 is 4.79 Å². The van der Waals surface area contributed by atoms with Crippen LogP contribution in [0.15, 0.2) is 18.3 Å². The first-order chi connectivity index (χ1) is 8.10. The zero-order chi connectivity index (χ0) is 12.3. The van der Waals surface area contributed by atoms with Gasteiger partial charge in [-0.25, -0.2) is 4.98 Å². The van der Waals surface area contributed by atoms with E-state index in [0.29, 0.717) is 10.8 Å². The molecule has 0 radical (unpaired) electrons. The molecule has 3 N–H and O–H groups in total. The van der Waals surface area contributed by atoms with Crippen LogP contribution in [0.4, 0.5) is 5.82 Å². The van der Waals surface area contributed by atoms with E-state index in [2.05, 4.69) is 10.3 Å². The Morgan fingerprint density at radius 2 is 2.12 bits per heavy atom. The third kappa shape index (κ3) is 2.96. The van der Waals surface area contributed by atoms with E-state index in [0.717, 1.165) is 32.1 Å². The Labute approximate surface area is 106 Å². The average Bonchev–Trinajstić information content (AvgIpc) is 2.30. The Morgan fingerprint density at radius 3 is 2.76 bits per heavy atom. The lowest BCUT2D eigenvalue weighted by molar-refractivity contribution is -0.122. The number of carbonyl (C=O) groups is 1. The van der Waals surface area contributed by atoms with Gasteiger partial charge in [-0.05, 0) is 25.0 Å². The summed E-state index contributed by atoms with van der Waals surface area (Å²) in [4.78, 5) is 16.1. The van der Waals surface area contributed by atoms with E-state index in [4.69, 9.17) is 17.3 Å². The monoisotopic (exact) mass is 253 g/mol. The Bertz CT molecular complexity index is 416. The molecule has 5 heteroatoms. The number of rotatable bonds is 2. The minimum Gasteiger partial charge on any atom is -0.317 e. The van der Waals surface area contributed by atoms with Crippen LogP contribution in [0.5, 0.6) is 0 Å². The predicted octanol–water partition coefficient (Wildman–Crippen LogP) is 2.34. The van der Waals surface area contributed by atoms with Crippen molar-refractivity contribution in [3.63, 3.8) is 0 Å². The van der Waals surface area contributed by atoms with Crippen LogP contribution in [-0.2, 0) is 4.79 Å². The molecule has 1 aliphatic rings. The molecule has 1 fully saturated rings. The van der Waals surface area contributed by atoms with Crippen LogP contribution >= 0.6 is 11.6 Å². The number of anilines is 1. The van der Waals surface area contributed by atoms with E-state index in [9.17, 15) is 4.79 Å². The van der Waals surface area contributed by atoms with E-state index < -0.39 is 5.54 Å². The van der Waals surface area contributed by atoms with Gasteiger partial charge in [-0.1, -0.05) is 30.9 Å². The van der Waals surface area contributed by atoms with Crippen LogP contribution in [0.3, 0.4) is 0 Å². The molecule has 0 aromatic carbocycles. The minimum absolute atomic E-state index is 0.160. The lowest BCUT2D eigenvalue weighted by Gasteiger charge is -2.31. The number of nitrogens with one attached hydrogen (secondary N) is 1. The molecule has 0 bridgehead atoms. The van der Waals surface area contributed by atoms with Crippen molar-refractivity contribution in [3.8, 4) is 0 Å². The summed E-state index contributed by atoms with van der Waals surface area (Å²) in [6.07, 6.45) is 6.20. The molecule has 1 aliphatic carbocycles. The number of amides is 1. The second kappa shape index (κ2) is 5.02. The van der Waals surface area contributed by atoms with Crippen molar-refractivity contribution >= 4 is 23.3 Å². The zero-order valence-corrected chi connectivity index (χ0v) is 10.3. The summed E-state index contributed by atoms with van der Waals surface area (Å²) >= 11 is 5.83. The fraction of sp³-hybridized carbons (Fsp3) is 0.500. The first-order valence-electron chi connectivity index (χ1n) is 5.82. The Hall–Kier alpha value is -1.13. The van der Waals surface area contributed by atoms with Crippen LogP contribution < -0.4 is 11.1 Å². The second-order valence-corrected chi connectivity index (χ2v) is 4.97. The van der Waals surface area contributed by atoms with E-state index in [1.165, 1.54) is 0 Å². The van der Waals surface area contributed by atoms with Gasteiger partial charge >= 0.3 is 0 Å². The first-order valence-corrected chi connectivity index (χ1v) is 6.20. The summed E-state index contributed by atoms with van der Waals surface area (Å²) in [7, 11) is 0. The molecule has 1 aromatic heterocycles. The normalized spacial score (nSPS) is 18.7. The van der Waals surface area contributed by atoms with Gasteiger partial charge in [0.15, 0.2) is 0 Å². The smallest absolute Gasteiger partial charge is 0.245 e. The van der Waals surface area contributed by atoms with E-state index in [1.54, 1.807) is 18.3 Å². The highest BCUT2D eigenvalue weighted by Gasteiger charge is 2.35. The fourth-order valence-electron chi connectivity index (χ4n) is 2.12. The molecular formula is C12H16ClN3O. The number of nitrogens with two attached hydrogens (primary N) is 1. The van der Waals surface area contributed by atoms with Gasteiger partial charge in [-0.2, -0.15) is 0 Å². The molecule has 4 nitrogen and oxygen atoms in total. The maximum Gasteiger partial charge on any atom is 0.245 e. The molecule has 1 aromatic rings. The minimum atomic E-state index is -0.748. The molecule has 2 rings (SSSR count). The molecule has 0 spiro atoms. The number of halogens is 1. The molecule has 1 saturated carbocycles. The number of hydrogen-bond donors (Lipinski definition) is 2. The van der Waals surface area contributed by atoms with E-state index in [-0.39, 0.29) is 5.91 Å². The molecule has 1 amide bonds. The van der Waals surface area contributed by atoms with Crippen molar-refractivity contribution in [2.24, 2.45) is 5.73 Å². The molecule has 0 aliphatic heterocycles. The number of aromatic nitrogens is 1. The predicted molar refractivity (Wildman–Crippen MR) is 67.9 cm³/mol. The summed E-state index contributed by atoms with van der Waals surface area (Å²) in [5, 5.41) is 3.28. The Kier molecular flexibility index (Phi) is 3.64. The van der Waals surface area contributed by atoms with Crippen molar-refractivity contribution in [2.75, 3.05) is 5.32 Å². The topological polar surface area (TPSA) is 68.0 Å². The SMILES string of the molecule is NC1(C(=O)Nc2cc(Cl)ccn2)CCCCC1. The number of nitrogens with zero attached hydrogens (tertiary/aromatic N) is 1. The maximum atomic E-state index is 12.1. The van der Waals surface area contributed by atoms with Gasteiger partial charge < -0.3 is 11.1 Å². The van der Waals surface area contributed by atoms with Crippen molar-refractivity contribution in [1.82, 2.24) is 4.98 Å². The van der Waals surface area contributed by atoms with E-state index in [1.807, 2.05) is 0 Å². The van der Waals surface area contributed by atoms with Crippen LogP contribution in [0.2, 0.25) is 5.02 Å². The van der Waals surface area contributed by atoms with Crippen LogP contribution in [-0.4, -0.2) is 16.4 Å². The molecule has 0 unspecified atom stereocenters. The quantitative estimate of drug-likeness (QED) is 0.850. The highest BCUT2D eigenvalue weighted by atomic mass is 35.5. The summed E-state index contributed by atoms with van der Waals surface area (Å²) in [5.74, 6) is 0.296. The largest absolute Gasteiger partial charge is 0.317 e. The Balaban J connectivity index is 2.05. The third-order valence-corrected chi connectivity index (χ3v) is 3.40. The highest BCUT2D eigenvalue weighted by Crippen LogP contribution is 2.27. The van der Waals surface area contributed by atoms with Crippen molar-refractivity contribution in [2.45, 2.75) is 37.6 Å². The van der Waals surface area contributed by atoms with E-state index >= 15 is 0 Å². The molecule has 0 atom stereocenters. The lowest BCUT2D eigenvalue weighted by atomic mass is 9.82. The highest BCUT2D eigenvalue weighted by molar-refractivity contribution is 6.30. The lowest BCUT2D eigenvalue weighted by Crippen LogP contribution is -2.52. The van der Waals surface area contributed by atoms with Crippen LogP contribution in [0, 0.1) is 0 Å². The van der Waals surface area contributed by atoms with Crippen molar-refractivity contribution in [1.29, 1.82) is 0 Å². The number of hydrogen-bond acceptors (Lipinski definition) is 3. The zero-order valence-electron chi connectivity index (χ0n) is 9.58. The molecule has 17 heavy (non-hydrogen) atoms. The Morgan fingerprint density at radius 1 is 1.41 bits per heavy atom. The third-order valence-electron chi connectivity index (χ3n) is 3.16. The van der Waals surface area contributed by atoms with Crippen molar-refractivity contribution in [3.05, 3.63) is 23.4 Å². The maximum absolute atomic E-state index is 12.1. The summed E-state index contributed by atoms with van der Waals surface area (Å²) in [6.45, 7) is 0. The average molecular weight is 254 g/mol.